The Morgan fingerprint density at radius 3 is 2.85 bits per heavy atom. The maximum atomic E-state index is 13.2. The predicted octanol–water partition coefficient (Wildman–Crippen LogP) is 3.80. The van der Waals surface area contributed by atoms with Gasteiger partial charge in [-0.15, -0.1) is 0 Å². The van der Waals surface area contributed by atoms with Crippen molar-refractivity contribution in [2.75, 3.05) is 26.3 Å². The monoisotopic (exact) mass is 281 g/mol. The molecular weight excluding hydrogens is 253 g/mol. The Bertz CT molecular complexity index is 357. The van der Waals surface area contributed by atoms with E-state index < -0.39 is 0 Å². The van der Waals surface area contributed by atoms with E-state index in [1.807, 2.05) is 13.0 Å². The van der Waals surface area contributed by atoms with E-state index in [2.05, 4.69) is 12.2 Å². The molecule has 1 N–H and O–H groups in total. The van der Waals surface area contributed by atoms with Crippen LogP contribution >= 0.6 is 0 Å². The lowest BCUT2D eigenvalue weighted by Gasteiger charge is -2.18. The summed E-state index contributed by atoms with van der Waals surface area (Å²) in [6.45, 7) is 7.84. The summed E-state index contributed by atoms with van der Waals surface area (Å²) < 4.78 is 18.6. The molecule has 1 aromatic rings. The van der Waals surface area contributed by atoms with Crippen LogP contribution in [0.3, 0.4) is 0 Å². The number of rotatable bonds is 11. The lowest BCUT2D eigenvalue weighted by molar-refractivity contribution is 0.139. The average molecular weight is 281 g/mol. The minimum absolute atomic E-state index is 0.142. The number of halogens is 1. The first-order chi connectivity index (χ1) is 9.76. The van der Waals surface area contributed by atoms with Crippen molar-refractivity contribution in [1.82, 2.24) is 5.32 Å². The van der Waals surface area contributed by atoms with Crippen molar-refractivity contribution in [3.05, 3.63) is 35.6 Å². The molecule has 2 nitrogen and oxygen atoms in total. The van der Waals surface area contributed by atoms with Gasteiger partial charge in [0.2, 0.25) is 0 Å². The van der Waals surface area contributed by atoms with E-state index in [0.29, 0.717) is 5.92 Å². The van der Waals surface area contributed by atoms with Crippen LogP contribution in [0.25, 0.3) is 0 Å². The molecule has 1 unspecified atom stereocenters. The van der Waals surface area contributed by atoms with E-state index in [1.165, 1.54) is 6.07 Å². The quantitative estimate of drug-likeness (QED) is 0.623. The Labute approximate surface area is 122 Å². The third-order valence-corrected chi connectivity index (χ3v) is 3.38. The van der Waals surface area contributed by atoms with Gasteiger partial charge in [0, 0.05) is 13.2 Å². The Morgan fingerprint density at radius 1 is 1.30 bits per heavy atom. The molecule has 114 valence electrons. The predicted molar refractivity (Wildman–Crippen MR) is 82.5 cm³/mol. The van der Waals surface area contributed by atoms with Crippen LogP contribution < -0.4 is 5.32 Å². The minimum Gasteiger partial charge on any atom is -0.382 e. The van der Waals surface area contributed by atoms with Gasteiger partial charge in [0.1, 0.15) is 5.82 Å². The first-order valence-corrected chi connectivity index (χ1v) is 7.79. The summed E-state index contributed by atoms with van der Waals surface area (Å²) >= 11 is 0. The van der Waals surface area contributed by atoms with Crippen LogP contribution in [0.5, 0.6) is 0 Å². The van der Waals surface area contributed by atoms with E-state index in [0.717, 1.165) is 57.6 Å². The van der Waals surface area contributed by atoms with Crippen LogP contribution in [0.4, 0.5) is 4.39 Å². The third kappa shape index (κ3) is 7.61. The van der Waals surface area contributed by atoms with Crippen molar-refractivity contribution in [2.24, 2.45) is 5.92 Å². The molecule has 1 aromatic carbocycles. The number of hydrogen-bond acceptors (Lipinski definition) is 2. The fourth-order valence-electron chi connectivity index (χ4n) is 2.37. The second-order valence-electron chi connectivity index (χ2n) is 5.24. The minimum atomic E-state index is -0.142. The molecular formula is C17H28FNO. The SMILES string of the molecule is CCCNCC(CCCOCC)Cc1cccc(F)c1. The van der Waals surface area contributed by atoms with Gasteiger partial charge in [-0.1, -0.05) is 19.1 Å². The molecule has 0 spiro atoms. The molecule has 0 saturated heterocycles. The van der Waals surface area contributed by atoms with Gasteiger partial charge in [-0.3, -0.25) is 0 Å². The van der Waals surface area contributed by atoms with Gasteiger partial charge in [-0.25, -0.2) is 4.39 Å². The first-order valence-electron chi connectivity index (χ1n) is 7.79. The fourth-order valence-corrected chi connectivity index (χ4v) is 2.37. The van der Waals surface area contributed by atoms with Crippen LogP contribution in [0, 0.1) is 11.7 Å². The standard InChI is InChI=1S/C17H28FNO/c1-3-10-19-14-16(8-6-11-20-4-2)12-15-7-5-9-17(18)13-15/h5,7,9,13,16,19H,3-4,6,8,10-12,14H2,1-2H3. The van der Waals surface area contributed by atoms with Gasteiger partial charge in [0.15, 0.2) is 0 Å². The molecule has 1 atom stereocenters. The molecule has 0 aliphatic carbocycles. The van der Waals surface area contributed by atoms with Crippen LogP contribution in [-0.2, 0) is 11.2 Å². The molecule has 0 aliphatic rings. The summed E-state index contributed by atoms with van der Waals surface area (Å²) in [7, 11) is 0. The lowest BCUT2D eigenvalue weighted by Crippen LogP contribution is -2.25. The molecule has 0 fully saturated rings. The summed E-state index contributed by atoms with van der Waals surface area (Å²) in [6.07, 6.45) is 4.26. The molecule has 0 aliphatic heterocycles. The Balaban J connectivity index is 2.43. The largest absolute Gasteiger partial charge is 0.382 e. The molecule has 0 bridgehead atoms. The molecule has 1 rings (SSSR count). The number of hydrogen-bond donors (Lipinski definition) is 1. The zero-order valence-electron chi connectivity index (χ0n) is 12.8. The highest BCUT2D eigenvalue weighted by Gasteiger charge is 2.10. The van der Waals surface area contributed by atoms with Gasteiger partial charge in [0.05, 0.1) is 0 Å². The summed E-state index contributed by atoms with van der Waals surface area (Å²) in [6, 6.07) is 6.96. The summed E-state index contributed by atoms with van der Waals surface area (Å²) in [5, 5.41) is 3.48. The van der Waals surface area contributed by atoms with Gasteiger partial charge in [0.25, 0.3) is 0 Å². The number of ether oxygens (including phenoxy) is 1. The van der Waals surface area contributed by atoms with Gasteiger partial charge in [-0.05, 0) is 69.3 Å². The smallest absolute Gasteiger partial charge is 0.123 e. The maximum Gasteiger partial charge on any atom is 0.123 e. The molecule has 0 heterocycles. The van der Waals surface area contributed by atoms with Crippen LogP contribution in [0.1, 0.15) is 38.7 Å². The van der Waals surface area contributed by atoms with Crippen molar-refractivity contribution in [3.63, 3.8) is 0 Å². The maximum absolute atomic E-state index is 13.2. The van der Waals surface area contributed by atoms with E-state index in [-0.39, 0.29) is 5.82 Å². The second-order valence-corrected chi connectivity index (χ2v) is 5.24. The highest BCUT2D eigenvalue weighted by Crippen LogP contribution is 2.15. The Kier molecular flexibility index (Phi) is 9.25. The van der Waals surface area contributed by atoms with Gasteiger partial charge >= 0.3 is 0 Å². The summed E-state index contributed by atoms with van der Waals surface area (Å²) in [5.74, 6) is 0.404. The van der Waals surface area contributed by atoms with E-state index in [9.17, 15) is 4.39 Å². The average Bonchev–Trinajstić information content (AvgIpc) is 2.43. The second kappa shape index (κ2) is 10.8. The van der Waals surface area contributed by atoms with Gasteiger partial charge in [-0.2, -0.15) is 0 Å². The topological polar surface area (TPSA) is 21.3 Å². The molecule has 0 aromatic heterocycles. The van der Waals surface area contributed by atoms with Crippen molar-refractivity contribution in [1.29, 1.82) is 0 Å². The summed E-state index contributed by atoms with van der Waals surface area (Å²) in [5.41, 5.74) is 1.09. The van der Waals surface area contributed by atoms with E-state index in [4.69, 9.17) is 4.74 Å². The first kappa shape index (κ1) is 17.1. The van der Waals surface area contributed by atoms with E-state index in [1.54, 1.807) is 12.1 Å². The van der Waals surface area contributed by atoms with Crippen molar-refractivity contribution in [3.8, 4) is 0 Å². The molecule has 0 amide bonds. The molecule has 20 heavy (non-hydrogen) atoms. The Hall–Kier alpha value is -0.930. The lowest BCUT2D eigenvalue weighted by atomic mass is 9.94. The molecule has 0 radical (unpaired) electrons. The van der Waals surface area contributed by atoms with Crippen molar-refractivity contribution < 1.29 is 9.13 Å². The zero-order valence-corrected chi connectivity index (χ0v) is 12.8. The number of nitrogens with one attached hydrogen (secondary N) is 1. The van der Waals surface area contributed by atoms with Crippen LogP contribution in [0.2, 0.25) is 0 Å². The van der Waals surface area contributed by atoms with Crippen LogP contribution in [-0.4, -0.2) is 26.3 Å². The highest BCUT2D eigenvalue weighted by atomic mass is 19.1. The summed E-state index contributed by atoms with van der Waals surface area (Å²) in [4.78, 5) is 0. The Morgan fingerprint density at radius 2 is 2.15 bits per heavy atom. The van der Waals surface area contributed by atoms with Crippen molar-refractivity contribution in [2.45, 2.75) is 39.5 Å². The number of benzene rings is 1. The van der Waals surface area contributed by atoms with Gasteiger partial charge < -0.3 is 10.1 Å². The fraction of sp³-hybridized carbons (Fsp3) is 0.647. The highest BCUT2D eigenvalue weighted by molar-refractivity contribution is 5.16. The zero-order chi connectivity index (χ0) is 14.6. The third-order valence-electron chi connectivity index (χ3n) is 3.38. The normalized spacial score (nSPS) is 12.6. The van der Waals surface area contributed by atoms with E-state index >= 15 is 0 Å². The van der Waals surface area contributed by atoms with Crippen LogP contribution in [0.15, 0.2) is 24.3 Å². The molecule has 0 saturated carbocycles. The van der Waals surface area contributed by atoms with Crippen molar-refractivity contribution >= 4 is 0 Å². The molecule has 3 heteroatoms.